The molecule has 2 heterocycles. The molecule has 0 saturated carbocycles. The molecule has 2 aromatic rings. The predicted octanol–water partition coefficient (Wildman–Crippen LogP) is 1.25. The van der Waals surface area contributed by atoms with Crippen molar-refractivity contribution in [3.63, 3.8) is 0 Å². The first kappa shape index (κ1) is 15.6. The van der Waals surface area contributed by atoms with Crippen LogP contribution in [0.4, 0.5) is 0 Å². The number of hydrogen-bond acceptors (Lipinski definition) is 4. The molecule has 2 N–H and O–H groups in total. The minimum Gasteiger partial charge on any atom is -0.352 e. The Kier molecular flexibility index (Phi) is 4.72. The Hall–Kier alpha value is -1.76. The summed E-state index contributed by atoms with van der Waals surface area (Å²) in [6.07, 6.45) is 1.98. The number of aryl methyl sites for hydroxylation is 2. The van der Waals surface area contributed by atoms with Crippen molar-refractivity contribution in [3.8, 4) is 0 Å². The first-order valence-corrected chi connectivity index (χ1v) is 8.18. The SMILES string of the molecule is CSCC(C)C(=O)NCc1c(C)nc2cc(=O)[nH]n2c1C. The van der Waals surface area contributed by atoms with E-state index in [0.29, 0.717) is 12.2 Å². The summed E-state index contributed by atoms with van der Waals surface area (Å²) in [5, 5.41) is 5.65. The van der Waals surface area contributed by atoms with E-state index >= 15 is 0 Å². The van der Waals surface area contributed by atoms with Crippen LogP contribution in [0.5, 0.6) is 0 Å². The lowest BCUT2D eigenvalue weighted by atomic mass is 10.1. The Labute approximate surface area is 127 Å². The molecule has 6 nitrogen and oxygen atoms in total. The molecule has 1 atom stereocenters. The van der Waals surface area contributed by atoms with E-state index in [9.17, 15) is 9.59 Å². The van der Waals surface area contributed by atoms with E-state index in [1.807, 2.05) is 27.0 Å². The van der Waals surface area contributed by atoms with Gasteiger partial charge in [-0.3, -0.25) is 14.7 Å². The molecule has 0 aliphatic carbocycles. The maximum Gasteiger partial charge on any atom is 0.266 e. The van der Waals surface area contributed by atoms with Crippen LogP contribution in [0.1, 0.15) is 23.9 Å². The fourth-order valence-corrected chi connectivity index (χ4v) is 2.94. The Morgan fingerprint density at radius 3 is 2.90 bits per heavy atom. The van der Waals surface area contributed by atoms with Gasteiger partial charge in [0.05, 0.1) is 0 Å². The number of aromatic amines is 1. The van der Waals surface area contributed by atoms with Gasteiger partial charge in [-0.05, 0) is 20.1 Å². The number of thioether (sulfide) groups is 1. The minimum atomic E-state index is -0.181. The number of aromatic nitrogens is 3. The maximum atomic E-state index is 12.0. The standard InChI is InChI=1S/C14H20N4O2S/c1-8(7-21-4)14(20)15-6-11-9(2)16-12-5-13(19)17-18(12)10(11)3/h5,8H,6-7H2,1-4H3,(H,15,20)(H,17,19). The van der Waals surface area contributed by atoms with Crippen LogP contribution in [0.25, 0.3) is 5.65 Å². The maximum absolute atomic E-state index is 12.0. The summed E-state index contributed by atoms with van der Waals surface area (Å²) in [6.45, 7) is 6.12. The topological polar surface area (TPSA) is 79.3 Å². The second-order valence-corrected chi connectivity index (χ2v) is 6.06. The summed E-state index contributed by atoms with van der Waals surface area (Å²) in [5.41, 5.74) is 3.06. The third kappa shape index (κ3) is 3.29. The number of hydrogen-bond donors (Lipinski definition) is 2. The molecular weight excluding hydrogens is 288 g/mol. The number of nitrogens with zero attached hydrogens (tertiary/aromatic N) is 2. The number of nitrogens with one attached hydrogen (secondary N) is 2. The highest BCUT2D eigenvalue weighted by Crippen LogP contribution is 2.13. The van der Waals surface area contributed by atoms with Gasteiger partial charge in [0, 0.05) is 41.2 Å². The van der Waals surface area contributed by atoms with Crippen molar-refractivity contribution in [2.75, 3.05) is 12.0 Å². The summed E-state index contributed by atoms with van der Waals surface area (Å²) in [7, 11) is 0. The second-order valence-electron chi connectivity index (χ2n) is 5.15. The zero-order valence-electron chi connectivity index (χ0n) is 12.7. The van der Waals surface area contributed by atoms with E-state index in [0.717, 1.165) is 22.7 Å². The fourth-order valence-electron chi connectivity index (χ4n) is 2.29. The lowest BCUT2D eigenvalue weighted by Gasteiger charge is -2.14. The van der Waals surface area contributed by atoms with Crippen molar-refractivity contribution < 1.29 is 4.79 Å². The van der Waals surface area contributed by atoms with Gasteiger partial charge >= 0.3 is 0 Å². The number of carbonyl (C=O) groups is 1. The van der Waals surface area contributed by atoms with Crippen LogP contribution in [-0.2, 0) is 11.3 Å². The minimum absolute atomic E-state index is 0.0244. The van der Waals surface area contributed by atoms with Crippen LogP contribution in [-0.4, -0.2) is 32.5 Å². The lowest BCUT2D eigenvalue weighted by molar-refractivity contribution is -0.124. The monoisotopic (exact) mass is 308 g/mol. The molecule has 0 radical (unpaired) electrons. The van der Waals surface area contributed by atoms with E-state index in [1.165, 1.54) is 6.07 Å². The summed E-state index contributed by atoms with van der Waals surface area (Å²) in [5.74, 6) is 0.805. The molecule has 2 aromatic heterocycles. The highest BCUT2D eigenvalue weighted by Gasteiger charge is 2.15. The molecule has 1 amide bonds. The predicted molar refractivity (Wildman–Crippen MR) is 84.7 cm³/mol. The zero-order valence-corrected chi connectivity index (χ0v) is 13.5. The third-order valence-corrected chi connectivity index (χ3v) is 4.34. The molecule has 0 spiro atoms. The molecule has 0 saturated heterocycles. The molecule has 0 aliphatic heterocycles. The van der Waals surface area contributed by atoms with Gasteiger partial charge in [0.2, 0.25) is 5.91 Å². The normalized spacial score (nSPS) is 12.6. The van der Waals surface area contributed by atoms with Crippen molar-refractivity contribution >= 4 is 23.3 Å². The van der Waals surface area contributed by atoms with E-state index in [-0.39, 0.29) is 17.4 Å². The Bertz CT molecular complexity index is 720. The first-order chi connectivity index (χ1) is 9.93. The average molecular weight is 308 g/mol. The van der Waals surface area contributed by atoms with Gasteiger partial charge in [-0.15, -0.1) is 0 Å². The number of carbonyl (C=O) groups excluding carboxylic acids is 1. The Morgan fingerprint density at radius 2 is 2.24 bits per heavy atom. The van der Waals surface area contributed by atoms with Crippen molar-refractivity contribution in [1.82, 2.24) is 19.9 Å². The van der Waals surface area contributed by atoms with Gasteiger partial charge in [-0.25, -0.2) is 9.50 Å². The number of rotatable bonds is 5. The van der Waals surface area contributed by atoms with Crippen molar-refractivity contribution in [3.05, 3.63) is 33.4 Å². The van der Waals surface area contributed by atoms with Crippen molar-refractivity contribution in [1.29, 1.82) is 0 Å². The van der Waals surface area contributed by atoms with Gasteiger partial charge in [-0.2, -0.15) is 11.8 Å². The van der Waals surface area contributed by atoms with Crippen molar-refractivity contribution in [2.24, 2.45) is 5.92 Å². The number of fused-ring (bicyclic) bond motifs is 1. The first-order valence-electron chi connectivity index (χ1n) is 6.78. The summed E-state index contributed by atoms with van der Waals surface area (Å²) >= 11 is 1.65. The smallest absolute Gasteiger partial charge is 0.266 e. The van der Waals surface area contributed by atoms with Crippen molar-refractivity contribution in [2.45, 2.75) is 27.3 Å². The van der Waals surface area contributed by atoms with E-state index in [4.69, 9.17) is 0 Å². The van der Waals surface area contributed by atoms with Gasteiger partial charge in [-0.1, -0.05) is 6.92 Å². The van der Waals surface area contributed by atoms with Crippen LogP contribution >= 0.6 is 11.8 Å². The molecule has 114 valence electrons. The molecular formula is C14H20N4O2S. The molecule has 7 heteroatoms. The largest absolute Gasteiger partial charge is 0.352 e. The highest BCUT2D eigenvalue weighted by atomic mass is 32.2. The molecule has 0 fully saturated rings. The zero-order chi connectivity index (χ0) is 15.6. The third-order valence-electron chi connectivity index (χ3n) is 3.51. The molecule has 2 rings (SSSR count). The number of amides is 1. The van der Waals surface area contributed by atoms with E-state index < -0.39 is 0 Å². The van der Waals surface area contributed by atoms with Gasteiger partial charge in [0.25, 0.3) is 5.56 Å². The van der Waals surface area contributed by atoms with Gasteiger partial charge in [0.15, 0.2) is 5.65 Å². The van der Waals surface area contributed by atoms with Crippen LogP contribution < -0.4 is 10.9 Å². The van der Waals surface area contributed by atoms with E-state index in [2.05, 4.69) is 15.4 Å². The lowest BCUT2D eigenvalue weighted by Crippen LogP contribution is -2.30. The molecule has 21 heavy (non-hydrogen) atoms. The van der Waals surface area contributed by atoms with Crippen LogP contribution in [0.2, 0.25) is 0 Å². The Morgan fingerprint density at radius 1 is 1.52 bits per heavy atom. The summed E-state index contributed by atoms with van der Waals surface area (Å²) in [6, 6.07) is 1.46. The molecule has 1 unspecified atom stereocenters. The second kappa shape index (κ2) is 6.34. The average Bonchev–Trinajstić information content (AvgIpc) is 2.79. The molecule has 0 bridgehead atoms. The van der Waals surface area contributed by atoms with Crippen LogP contribution in [0.3, 0.4) is 0 Å². The molecule has 0 aromatic carbocycles. The Balaban J connectivity index is 2.22. The molecule has 0 aliphatic rings. The van der Waals surface area contributed by atoms with Gasteiger partial charge in [0.1, 0.15) is 0 Å². The number of H-pyrrole nitrogens is 1. The quantitative estimate of drug-likeness (QED) is 0.871. The van der Waals surface area contributed by atoms with Crippen LogP contribution in [0, 0.1) is 19.8 Å². The summed E-state index contributed by atoms with van der Waals surface area (Å²) in [4.78, 5) is 27.8. The van der Waals surface area contributed by atoms with Crippen LogP contribution in [0.15, 0.2) is 10.9 Å². The highest BCUT2D eigenvalue weighted by molar-refractivity contribution is 7.98. The van der Waals surface area contributed by atoms with Gasteiger partial charge < -0.3 is 5.32 Å². The summed E-state index contributed by atoms with van der Waals surface area (Å²) < 4.78 is 1.65. The fraction of sp³-hybridized carbons (Fsp3) is 0.500. The van der Waals surface area contributed by atoms with E-state index in [1.54, 1.807) is 16.3 Å².